The topological polar surface area (TPSA) is 94.7 Å². The third-order valence-electron chi connectivity index (χ3n) is 4.91. The average molecular weight is 366 g/mol. The minimum Gasteiger partial charge on any atom is -0.352 e. The highest BCUT2D eigenvalue weighted by atomic mass is 16.2. The molecule has 0 spiro atoms. The van der Waals surface area contributed by atoms with Crippen LogP contribution in [0.15, 0.2) is 29.3 Å². The lowest BCUT2D eigenvalue weighted by atomic mass is 10.1. The van der Waals surface area contributed by atoms with E-state index in [2.05, 4.69) is 26.7 Å². The van der Waals surface area contributed by atoms with Gasteiger partial charge in [0, 0.05) is 6.04 Å². The molecule has 0 radical (unpaired) electrons. The van der Waals surface area contributed by atoms with Gasteiger partial charge in [0.25, 0.3) is 5.56 Å². The summed E-state index contributed by atoms with van der Waals surface area (Å²) >= 11 is 0. The number of amides is 1. The van der Waals surface area contributed by atoms with Crippen molar-refractivity contribution in [1.29, 1.82) is 0 Å². The molecular formula is C19H22N6O2. The first kappa shape index (κ1) is 17.4. The lowest BCUT2D eigenvalue weighted by Gasteiger charge is -2.12. The Labute approximate surface area is 156 Å². The number of rotatable bonds is 4. The van der Waals surface area contributed by atoms with Crippen molar-refractivity contribution in [3.8, 4) is 5.69 Å². The Kier molecular flexibility index (Phi) is 4.47. The molecule has 0 unspecified atom stereocenters. The Bertz CT molecular complexity index is 1040. The molecule has 0 bridgehead atoms. The number of nitrogens with one attached hydrogen (secondary N) is 1. The van der Waals surface area contributed by atoms with Crippen LogP contribution >= 0.6 is 0 Å². The van der Waals surface area contributed by atoms with Gasteiger partial charge in [-0.1, -0.05) is 24.1 Å². The van der Waals surface area contributed by atoms with Gasteiger partial charge in [-0.25, -0.2) is 4.98 Å². The molecule has 1 aliphatic rings. The summed E-state index contributed by atoms with van der Waals surface area (Å²) in [6.07, 6.45) is 5.67. The predicted octanol–water partition coefficient (Wildman–Crippen LogP) is 1.65. The molecule has 0 atom stereocenters. The monoisotopic (exact) mass is 366 g/mol. The number of fused-ring (bicyclic) bond motifs is 1. The second kappa shape index (κ2) is 6.94. The summed E-state index contributed by atoms with van der Waals surface area (Å²) in [5.74, 6) is -0.174. The summed E-state index contributed by atoms with van der Waals surface area (Å²) < 4.78 is 2.84. The molecule has 27 heavy (non-hydrogen) atoms. The van der Waals surface area contributed by atoms with Crippen LogP contribution in [0.25, 0.3) is 16.9 Å². The minimum absolute atomic E-state index is 0.0608. The first-order valence-electron chi connectivity index (χ1n) is 9.20. The Morgan fingerprint density at radius 1 is 1.19 bits per heavy atom. The quantitative estimate of drug-likeness (QED) is 0.758. The van der Waals surface area contributed by atoms with Crippen molar-refractivity contribution in [2.45, 2.75) is 52.1 Å². The highest BCUT2D eigenvalue weighted by molar-refractivity contribution is 5.77. The minimum atomic E-state index is -0.364. The molecule has 140 valence electrons. The van der Waals surface area contributed by atoms with Crippen LogP contribution in [0.3, 0.4) is 0 Å². The van der Waals surface area contributed by atoms with Crippen LogP contribution in [0.1, 0.15) is 36.8 Å². The summed E-state index contributed by atoms with van der Waals surface area (Å²) in [5.41, 5.74) is 3.16. The van der Waals surface area contributed by atoms with E-state index in [-0.39, 0.29) is 29.6 Å². The Hall–Kier alpha value is -3.03. The van der Waals surface area contributed by atoms with Crippen LogP contribution in [0, 0.1) is 13.8 Å². The number of carbonyl (C=O) groups is 1. The van der Waals surface area contributed by atoms with E-state index in [0.717, 1.165) is 42.5 Å². The van der Waals surface area contributed by atoms with Gasteiger partial charge in [0.15, 0.2) is 11.2 Å². The van der Waals surface area contributed by atoms with Crippen LogP contribution in [-0.2, 0) is 11.3 Å². The molecule has 1 saturated carbocycles. The van der Waals surface area contributed by atoms with Gasteiger partial charge in [0.2, 0.25) is 5.91 Å². The highest BCUT2D eigenvalue weighted by Crippen LogP contribution is 2.18. The largest absolute Gasteiger partial charge is 0.352 e. The first-order chi connectivity index (χ1) is 13.0. The van der Waals surface area contributed by atoms with Gasteiger partial charge in [0.05, 0.1) is 5.69 Å². The van der Waals surface area contributed by atoms with Crippen molar-refractivity contribution in [3.05, 3.63) is 46.0 Å². The van der Waals surface area contributed by atoms with Crippen molar-refractivity contribution < 1.29 is 4.79 Å². The first-order valence-corrected chi connectivity index (χ1v) is 9.20. The molecule has 4 rings (SSSR count). The molecule has 2 heterocycles. The molecule has 1 amide bonds. The Balaban J connectivity index is 1.63. The zero-order valence-electron chi connectivity index (χ0n) is 15.5. The standard InChI is InChI=1S/C19H22N6O2/c1-12-7-13(2)9-15(8-12)25-18-17(22-23-25)19(27)24(11-20-18)10-16(26)21-14-5-3-4-6-14/h7-9,11,14H,3-6,10H2,1-2H3,(H,21,26). The van der Waals surface area contributed by atoms with Crippen molar-refractivity contribution >= 4 is 17.1 Å². The average Bonchev–Trinajstić information content (AvgIpc) is 3.26. The molecule has 8 nitrogen and oxygen atoms in total. The molecule has 0 saturated heterocycles. The number of hydrogen-bond acceptors (Lipinski definition) is 5. The van der Waals surface area contributed by atoms with Gasteiger partial charge in [-0.15, -0.1) is 5.10 Å². The summed E-state index contributed by atoms with van der Waals surface area (Å²) in [6.45, 7) is 3.94. The van der Waals surface area contributed by atoms with Gasteiger partial charge in [-0.2, -0.15) is 4.68 Å². The number of hydrogen-bond donors (Lipinski definition) is 1. The van der Waals surface area contributed by atoms with E-state index in [1.54, 1.807) is 4.68 Å². The normalized spacial score (nSPS) is 14.7. The van der Waals surface area contributed by atoms with Crippen LogP contribution in [0.5, 0.6) is 0 Å². The van der Waals surface area contributed by atoms with Gasteiger partial charge in [-0.3, -0.25) is 14.2 Å². The molecule has 0 aliphatic heterocycles. The van der Waals surface area contributed by atoms with E-state index in [9.17, 15) is 9.59 Å². The van der Waals surface area contributed by atoms with Crippen LogP contribution < -0.4 is 10.9 Å². The predicted molar refractivity (Wildman–Crippen MR) is 101 cm³/mol. The molecule has 2 aromatic heterocycles. The van der Waals surface area contributed by atoms with E-state index in [0.29, 0.717) is 5.65 Å². The van der Waals surface area contributed by atoms with Crippen LogP contribution in [0.4, 0.5) is 0 Å². The van der Waals surface area contributed by atoms with Gasteiger partial charge >= 0.3 is 0 Å². The SMILES string of the molecule is Cc1cc(C)cc(-n2nnc3c(=O)n(CC(=O)NC4CCCC4)cnc32)c1. The summed E-state index contributed by atoms with van der Waals surface area (Å²) in [5, 5.41) is 11.1. The number of aromatic nitrogens is 5. The summed E-state index contributed by atoms with van der Waals surface area (Å²) in [4.78, 5) is 29.3. The van der Waals surface area contributed by atoms with Gasteiger partial charge in [-0.05, 0) is 49.9 Å². The molecule has 1 aromatic carbocycles. The second-order valence-electron chi connectivity index (χ2n) is 7.25. The van der Waals surface area contributed by atoms with E-state index in [1.165, 1.54) is 10.9 Å². The smallest absolute Gasteiger partial charge is 0.284 e. The molecule has 1 aliphatic carbocycles. The number of nitrogens with zero attached hydrogens (tertiary/aromatic N) is 5. The molecule has 1 N–H and O–H groups in total. The fraction of sp³-hybridized carbons (Fsp3) is 0.421. The van der Waals surface area contributed by atoms with Crippen molar-refractivity contribution in [1.82, 2.24) is 29.9 Å². The number of benzene rings is 1. The van der Waals surface area contributed by atoms with Gasteiger partial charge in [0.1, 0.15) is 12.9 Å². The molecule has 8 heteroatoms. The maximum Gasteiger partial charge on any atom is 0.284 e. The highest BCUT2D eigenvalue weighted by Gasteiger charge is 2.19. The van der Waals surface area contributed by atoms with Crippen LogP contribution in [-0.4, -0.2) is 36.5 Å². The van der Waals surface area contributed by atoms with Crippen molar-refractivity contribution in [3.63, 3.8) is 0 Å². The summed E-state index contributed by atoms with van der Waals surface area (Å²) in [6, 6.07) is 6.20. The zero-order valence-corrected chi connectivity index (χ0v) is 15.5. The molecule has 3 aromatic rings. The van der Waals surface area contributed by atoms with E-state index in [1.807, 2.05) is 26.0 Å². The molecule has 1 fully saturated rings. The third kappa shape index (κ3) is 3.47. The maximum atomic E-state index is 12.7. The van der Waals surface area contributed by atoms with Crippen molar-refractivity contribution in [2.75, 3.05) is 0 Å². The molecular weight excluding hydrogens is 344 g/mol. The maximum absolute atomic E-state index is 12.7. The van der Waals surface area contributed by atoms with E-state index < -0.39 is 0 Å². The number of carbonyl (C=O) groups excluding carboxylic acids is 1. The third-order valence-corrected chi connectivity index (χ3v) is 4.91. The fourth-order valence-corrected chi connectivity index (χ4v) is 3.70. The van der Waals surface area contributed by atoms with E-state index in [4.69, 9.17) is 0 Å². The summed E-state index contributed by atoms with van der Waals surface area (Å²) in [7, 11) is 0. The number of aryl methyl sites for hydroxylation is 2. The van der Waals surface area contributed by atoms with Crippen molar-refractivity contribution in [2.24, 2.45) is 0 Å². The van der Waals surface area contributed by atoms with Gasteiger partial charge < -0.3 is 5.32 Å². The second-order valence-corrected chi connectivity index (χ2v) is 7.25. The van der Waals surface area contributed by atoms with E-state index >= 15 is 0 Å². The lowest BCUT2D eigenvalue weighted by molar-refractivity contribution is -0.122. The Morgan fingerprint density at radius 2 is 1.89 bits per heavy atom. The van der Waals surface area contributed by atoms with Crippen LogP contribution in [0.2, 0.25) is 0 Å². The lowest BCUT2D eigenvalue weighted by Crippen LogP contribution is -2.37. The Morgan fingerprint density at radius 3 is 2.59 bits per heavy atom. The zero-order chi connectivity index (χ0) is 19.0. The fourth-order valence-electron chi connectivity index (χ4n) is 3.70.